The Balaban J connectivity index is 0. The van der Waals surface area contributed by atoms with Crippen molar-refractivity contribution in [3.05, 3.63) is 12.8 Å². The van der Waals surface area contributed by atoms with Gasteiger partial charge < -0.3 is 20.7 Å². The van der Waals surface area contributed by atoms with Gasteiger partial charge >= 0.3 is 11.9 Å². The molecule has 0 aromatic heterocycles. The van der Waals surface area contributed by atoms with Gasteiger partial charge in [-0.15, -0.1) is 0 Å². The van der Waals surface area contributed by atoms with Gasteiger partial charge in [0.15, 0.2) is 0 Å². The molecule has 0 aliphatic carbocycles. The normalized spacial score (nSPS) is 10.4. The van der Waals surface area contributed by atoms with E-state index in [4.69, 9.17) is 15.9 Å². The van der Waals surface area contributed by atoms with Gasteiger partial charge in [-0.2, -0.15) is 0 Å². The minimum Gasteiger partial charge on any atom is -0.480 e. The van der Waals surface area contributed by atoms with Crippen molar-refractivity contribution in [3.8, 4) is 0 Å². The van der Waals surface area contributed by atoms with Crippen LogP contribution in [0.25, 0.3) is 0 Å². The van der Waals surface area contributed by atoms with Gasteiger partial charge in [0.1, 0.15) is 6.04 Å². The number of carbonyl (C=O) groups excluding carboxylic acids is 1. The number of nitrogens with two attached hydrogens (primary N) is 1. The fraction of sp³-hybridized carbons (Fsp3) is 0.429. The van der Waals surface area contributed by atoms with Crippen LogP contribution in [-0.2, 0) is 14.3 Å². The summed E-state index contributed by atoms with van der Waals surface area (Å²) in [6.07, 6.45) is 1.10. The summed E-state index contributed by atoms with van der Waals surface area (Å²) in [4.78, 5) is 19.4. The first-order chi connectivity index (χ1) is 5.95. The number of ether oxygens (including phenoxy) is 1. The largest absolute Gasteiger partial charge is 0.480 e. The predicted molar refractivity (Wildman–Crippen MR) is 44.7 cm³/mol. The second kappa shape index (κ2) is 8.69. The van der Waals surface area contributed by atoms with Gasteiger partial charge in [-0.25, -0.2) is 0 Å². The summed E-state index contributed by atoms with van der Waals surface area (Å²) in [7, 11) is 0. The Kier molecular flexibility index (Phi) is 9.46. The Labute approximate surface area is 75.6 Å². The fourth-order valence-electron chi connectivity index (χ4n) is 0.195. The maximum Gasteiger partial charge on any atom is 0.322 e. The van der Waals surface area contributed by atoms with Crippen LogP contribution in [0.15, 0.2) is 12.8 Å². The minimum atomic E-state index is -1.18. The number of hydrogen-bond acceptors (Lipinski definition) is 5. The van der Waals surface area contributed by atoms with Crippen LogP contribution in [0.2, 0.25) is 0 Å². The molecule has 6 nitrogen and oxygen atoms in total. The summed E-state index contributed by atoms with van der Waals surface area (Å²) in [5.41, 5.74) is 4.77. The number of aliphatic carboxylic acids is 1. The van der Waals surface area contributed by atoms with E-state index in [-0.39, 0.29) is 5.97 Å². The average molecular weight is 191 g/mol. The standard InChI is InChI=1S/C4H6O2.C3H7NO3/c1-3-6-4(2)5;4-2(1-5)3(6)7/h3H,1H2,2H3;2,5H,1,4H2,(H,6,7). The molecule has 76 valence electrons. The molecule has 0 bridgehead atoms. The van der Waals surface area contributed by atoms with E-state index in [0.29, 0.717) is 0 Å². The third kappa shape index (κ3) is 13.6. The first-order valence-corrected chi connectivity index (χ1v) is 3.33. The number of aliphatic hydroxyl groups is 1. The van der Waals surface area contributed by atoms with E-state index < -0.39 is 18.6 Å². The maximum absolute atomic E-state index is 9.75. The first kappa shape index (κ1) is 14.1. The zero-order chi connectivity index (χ0) is 10.9. The quantitative estimate of drug-likeness (QED) is 0.393. The third-order valence-electron chi connectivity index (χ3n) is 0.763. The zero-order valence-electron chi connectivity index (χ0n) is 7.27. The summed E-state index contributed by atoms with van der Waals surface area (Å²) < 4.78 is 4.17. The number of carbonyl (C=O) groups is 2. The summed E-state index contributed by atoms with van der Waals surface area (Å²) >= 11 is 0. The number of rotatable bonds is 3. The lowest BCUT2D eigenvalue weighted by atomic mass is 10.3. The molecule has 1 atom stereocenters. The summed E-state index contributed by atoms with van der Waals surface area (Å²) in [5.74, 6) is -1.51. The van der Waals surface area contributed by atoms with Gasteiger partial charge in [-0.3, -0.25) is 9.59 Å². The van der Waals surface area contributed by atoms with Gasteiger partial charge in [0.2, 0.25) is 0 Å². The van der Waals surface area contributed by atoms with E-state index in [1.54, 1.807) is 0 Å². The lowest BCUT2D eigenvalue weighted by Crippen LogP contribution is -2.33. The Morgan fingerprint density at radius 2 is 2.15 bits per heavy atom. The van der Waals surface area contributed by atoms with Crippen molar-refractivity contribution in [2.45, 2.75) is 13.0 Å². The van der Waals surface area contributed by atoms with Gasteiger partial charge in [-0.1, -0.05) is 6.58 Å². The van der Waals surface area contributed by atoms with Gasteiger partial charge in [-0.05, 0) is 0 Å². The van der Waals surface area contributed by atoms with Crippen molar-refractivity contribution in [1.29, 1.82) is 0 Å². The van der Waals surface area contributed by atoms with Crippen molar-refractivity contribution >= 4 is 11.9 Å². The molecule has 0 saturated heterocycles. The van der Waals surface area contributed by atoms with Crippen molar-refractivity contribution < 1.29 is 24.5 Å². The van der Waals surface area contributed by atoms with Crippen LogP contribution in [0.4, 0.5) is 0 Å². The number of hydrogen-bond donors (Lipinski definition) is 3. The molecular weight excluding hydrogens is 178 g/mol. The number of carboxylic acid groups (broad SMARTS) is 1. The molecule has 0 aromatic carbocycles. The molecule has 0 saturated carbocycles. The molecule has 0 spiro atoms. The highest BCUT2D eigenvalue weighted by Gasteiger charge is 2.06. The molecule has 0 rings (SSSR count). The highest BCUT2D eigenvalue weighted by atomic mass is 16.5. The zero-order valence-corrected chi connectivity index (χ0v) is 7.27. The highest BCUT2D eigenvalue weighted by Crippen LogP contribution is 1.71. The smallest absolute Gasteiger partial charge is 0.322 e. The lowest BCUT2D eigenvalue weighted by Gasteiger charge is -1.96. The molecular formula is C7H13NO5. The van der Waals surface area contributed by atoms with E-state index in [1.807, 2.05) is 0 Å². The van der Waals surface area contributed by atoms with Crippen molar-refractivity contribution in [2.75, 3.05) is 6.61 Å². The molecule has 0 fully saturated rings. The summed E-state index contributed by atoms with van der Waals surface area (Å²) in [6, 6.07) is -1.13. The van der Waals surface area contributed by atoms with Crippen molar-refractivity contribution in [3.63, 3.8) is 0 Å². The van der Waals surface area contributed by atoms with Gasteiger partial charge in [0, 0.05) is 6.92 Å². The Hall–Kier alpha value is -1.40. The molecule has 0 aromatic rings. The first-order valence-electron chi connectivity index (χ1n) is 3.33. The van der Waals surface area contributed by atoms with E-state index in [0.717, 1.165) is 6.26 Å². The number of esters is 1. The molecule has 0 heterocycles. The van der Waals surface area contributed by atoms with Crippen LogP contribution in [0.1, 0.15) is 6.92 Å². The van der Waals surface area contributed by atoms with Crippen LogP contribution in [0, 0.1) is 0 Å². The fourth-order valence-corrected chi connectivity index (χ4v) is 0.195. The second-order valence-electron chi connectivity index (χ2n) is 1.90. The van der Waals surface area contributed by atoms with E-state index in [2.05, 4.69) is 11.3 Å². The van der Waals surface area contributed by atoms with Crippen LogP contribution >= 0.6 is 0 Å². The number of aliphatic hydroxyl groups excluding tert-OH is 1. The van der Waals surface area contributed by atoms with Crippen LogP contribution in [0.3, 0.4) is 0 Å². The lowest BCUT2D eigenvalue weighted by molar-refractivity contribution is -0.139. The Morgan fingerprint density at radius 3 is 2.15 bits per heavy atom. The highest BCUT2D eigenvalue weighted by molar-refractivity contribution is 5.73. The van der Waals surface area contributed by atoms with E-state index in [1.165, 1.54) is 6.92 Å². The van der Waals surface area contributed by atoms with Crippen molar-refractivity contribution in [2.24, 2.45) is 5.73 Å². The topological polar surface area (TPSA) is 110 Å². The van der Waals surface area contributed by atoms with Gasteiger partial charge in [0.05, 0.1) is 12.9 Å². The summed E-state index contributed by atoms with van der Waals surface area (Å²) in [5, 5.41) is 15.9. The van der Waals surface area contributed by atoms with Crippen LogP contribution in [0.5, 0.6) is 0 Å². The van der Waals surface area contributed by atoms with Crippen LogP contribution in [-0.4, -0.2) is 34.8 Å². The molecule has 6 heteroatoms. The molecule has 0 amide bonds. The monoisotopic (exact) mass is 191 g/mol. The predicted octanol–water partition coefficient (Wildman–Crippen LogP) is -0.916. The molecule has 0 radical (unpaired) electrons. The Bertz CT molecular complexity index is 180. The minimum absolute atomic E-state index is 0.329. The third-order valence-corrected chi connectivity index (χ3v) is 0.763. The molecule has 0 aliphatic heterocycles. The summed E-state index contributed by atoms with van der Waals surface area (Å²) in [6.45, 7) is 3.97. The van der Waals surface area contributed by atoms with Crippen LogP contribution < -0.4 is 5.73 Å². The average Bonchev–Trinajstić information content (AvgIpc) is 2.03. The van der Waals surface area contributed by atoms with E-state index >= 15 is 0 Å². The molecule has 13 heavy (non-hydrogen) atoms. The molecule has 4 N–H and O–H groups in total. The Morgan fingerprint density at radius 1 is 1.69 bits per heavy atom. The van der Waals surface area contributed by atoms with E-state index in [9.17, 15) is 9.59 Å². The SMILES string of the molecule is C=COC(C)=O.NC(CO)C(=O)O. The number of carboxylic acids is 1. The maximum atomic E-state index is 9.75. The van der Waals surface area contributed by atoms with Crippen molar-refractivity contribution in [1.82, 2.24) is 0 Å². The molecule has 1 unspecified atom stereocenters. The van der Waals surface area contributed by atoms with Gasteiger partial charge in [0.25, 0.3) is 0 Å². The molecule has 0 aliphatic rings. The second-order valence-corrected chi connectivity index (χ2v) is 1.90.